The van der Waals surface area contributed by atoms with Crippen LogP contribution in [0.4, 0.5) is 13.2 Å². The molecule has 0 bridgehead atoms. The number of amides is 1. The molecule has 0 spiro atoms. The standard InChI is InChI=1S/C12H8F3N3O/c13-12(14,15)9-6-8(10(16)19)17-11(18-9)7-4-2-1-3-5-7/h1-6H,(H2,16,19). The maximum Gasteiger partial charge on any atom is 0.433 e. The fourth-order valence-corrected chi connectivity index (χ4v) is 1.44. The highest BCUT2D eigenvalue weighted by Crippen LogP contribution is 2.29. The summed E-state index contributed by atoms with van der Waals surface area (Å²) < 4.78 is 38.1. The van der Waals surface area contributed by atoms with E-state index in [-0.39, 0.29) is 5.82 Å². The van der Waals surface area contributed by atoms with Gasteiger partial charge in [-0.2, -0.15) is 13.2 Å². The van der Waals surface area contributed by atoms with Crippen LogP contribution in [0.25, 0.3) is 11.4 Å². The summed E-state index contributed by atoms with van der Waals surface area (Å²) in [7, 11) is 0. The van der Waals surface area contributed by atoms with E-state index in [0.717, 1.165) is 0 Å². The summed E-state index contributed by atoms with van der Waals surface area (Å²) in [6.07, 6.45) is -4.67. The molecule has 0 saturated heterocycles. The lowest BCUT2D eigenvalue weighted by Gasteiger charge is -2.09. The molecule has 2 N–H and O–H groups in total. The number of benzene rings is 1. The number of hydrogen-bond acceptors (Lipinski definition) is 3. The molecule has 0 atom stereocenters. The van der Waals surface area contributed by atoms with E-state index in [2.05, 4.69) is 9.97 Å². The lowest BCUT2D eigenvalue weighted by atomic mass is 10.2. The minimum atomic E-state index is -4.67. The van der Waals surface area contributed by atoms with Crippen LogP contribution < -0.4 is 5.73 Å². The molecule has 1 amide bonds. The fraction of sp³-hybridized carbons (Fsp3) is 0.0833. The third-order valence-corrected chi connectivity index (χ3v) is 2.30. The van der Waals surface area contributed by atoms with Crippen LogP contribution in [0.3, 0.4) is 0 Å². The van der Waals surface area contributed by atoms with Crippen LogP contribution in [0.5, 0.6) is 0 Å². The van der Waals surface area contributed by atoms with E-state index >= 15 is 0 Å². The molecular weight excluding hydrogens is 259 g/mol. The average Bonchev–Trinajstić information content (AvgIpc) is 2.38. The molecule has 98 valence electrons. The maximum atomic E-state index is 12.7. The lowest BCUT2D eigenvalue weighted by Crippen LogP contribution is -2.18. The van der Waals surface area contributed by atoms with Crippen molar-refractivity contribution in [2.75, 3.05) is 0 Å². The van der Waals surface area contributed by atoms with E-state index in [0.29, 0.717) is 11.6 Å². The van der Waals surface area contributed by atoms with Crippen molar-refractivity contribution in [1.82, 2.24) is 9.97 Å². The van der Waals surface area contributed by atoms with E-state index in [4.69, 9.17) is 5.73 Å². The molecule has 2 aromatic rings. The first-order valence-corrected chi connectivity index (χ1v) is 5.19. The monoisotopic (exact) mass is 267 g/mol. The van der Waals surface area contributed by atoms with E-state index in [1.807, 2.05) is 0 Å². The molecule has 1 aromatic heterocycles. The molecule has 0 aliphatic heterocycles. The number of alkyl halides is 3. The molecule has 7 heteroatoms. The van der Waals surface area contributed by atoms with Crippen LogP contribution in [0.1, 0.15) is 16.2 Å². The Kier molecular flexibility index (Phi) is 3.20. The molecule has 0 aliphatic carbocycles. The smallest absolute Gasteiger partial charge is 0.364 e. The molecule has 19 heavy (non-hydrogen) atoms. The second-order valence-electron chi connectivity index (χ2n) is 3.69. The lowest BCUT2D eigenvalue weighted by molar-refractivity contribution is -0.141. The van der Waals surface area contributed by atoms with Gasteiger partial charge < -0.3 is 5.73 Å². The van der Waals surface area contributed by atoms with Crippen molar-refractivity contribution in [3.63, 3.8) is 0 Å². The van der Waals surface area contributed by atoms with E-state index < -0.39 is 23.5 Å². The zero-order valence-electron chi connectivity index (χ0n) is 9.48. The van der Waals surface area contributed by atoms with Gasteiger partial charge in [-0.15, -0.1) is 0 Å². The van der Waals surface area contributed by atoms with Crippen molar-refractivity contribution >= 4 is 5.91 Å². The zero-order valence-corrected chi connectivity index (χ0v) is 9.48. The van der Waals surface area contributed by atoms with Crippen LogP contribution >= 0.6 is 0 Å². The van der Waals surface area contributed by atoms with Crippen LogP contribution in [0.2, 0.25) is 0 Å². The first-order chi connectivity index (χ1) is 8.88. The second kappa shape index (κ2) is 4.68. The number of aromatic nitrogens is 2. The predicted octanol–water partition coefficient (Wildman–Crippen LogP) is 2.26. The van der Waals surface area contributed by atoms with Crippen molar-refractivity contribution in [2.45, 2.75) is 6.18 Å². The van der Waals surface area contributed by atoms with Crippen molar-refractivity contribution < 1.29 is 18.0 Å². The van der Waals surface area contributed by atoms with Crippen molar-refractivity contribution in [3.05, 3.63) is 47.8 Å². The van der Waals surface area contributed by atoms with Gasteiger partial charge in [-0.3, -0.25) is 4.79 Å². The number of primary amides is 1. The summed E-state index contributed by atoms with van der Waals surface area (Å²) in [6, 6.07) is 8.58. The van der Waals surface area contributed by atoms with E-state index in [1.165, 1.54) is 0 Å². The Hall–Kier alpha value is -2.44. The van der Waals surface area contributed by atoms with Gasteiger partial charge in [0.15, 0.2) is 5.82 Å². The Bertz CT molecular complexity index is 611. The summed E-state index contributed by atoms with van der Waals surface area (Å²) in [5.41, 5.74) is 3.68. The molecule has 0 saturated carbocycles. The van der Waals surface area contributed by atoms with Crippen LogP contribution in [-0.2, 0) is 6.18 Å². The van der Waals surface area contributed by atoms with Crippen molar-refractivity contribution in [3.8, 4) is 11.4 Å². The summed E-state index contributed by atoms with van der Waals surface area (Å²) >= 11 is 0. The van der Waals surface area contributed by atoms with Gasteiger partial charge in [0.05, 0.1) is 0 Å². The third kappa shape index (κ3) is 2.87. The number of nitrogens with zero attached hydrogens (tertiary/aromatic N) is 2. The predicted molar refractivity (Wildman–Crippen MR) is 61.0 cm³/mol. The Balaban J connectivity index is 2.62. The third-order valence-electron chi connectivity index (χ3n) is 2.30. The number of hydrogen-bond donors (Lipinski definition) is 1. The highest BCUT2D eigenvalue weighted by molar-refractivity contribution is 5.91. The molecule has 1 aromatic carbocycles. The summed E-state index contributed by atoms with van der Waals surface area (Å²) in [5, 5.41) is 0. The van der Waals surface area contributed by atoms with Crippen LogP contribution in [0, 0.1) is 0 Å². The SMILES string of the molecule is NC(=O)c1cc(C(F)(F)F)nc(-c2ccccc2)n1. The molecule has 2 rings (SSSR count). The zero-order chi connectivity index (χ0) is 14.0. The quantitative estimate of drug-likeness (QED) is 0.907. The van der Waals surface area contributed by atoms with Gasteiger partial charge in [-0.1, -0.05) is 30.3 Å². The Morgan fingerprint density at radius 2 is 1.74 bits per heavy atom. The normalized spacial score (nSPS) is 11.3. The maximum absolute atomic E-state index is 12.7. The minimum Gasteiger partial charge on any atom is -0.364 e. The number of nitrogens with two attached hydrogens (primary N) is 1. The Morgan fingerprint density at radius 1 is 1.11 bits per heavy atom. The first-order valence-electron chi connectivity index (χ1n) is 5.19. The molecule has 0 radical (unpaired) electrons. The highest BCUT2D eigenvalue weighted by atomic mass is 19.4. The molecule has 0 fully saturated rings. The fourth-order valence-electron chi connectivity index (χ4n) is 1.44. The van der Waals surface area contributed by atoms with E-state index in [1.54, 1.807) is 30.3 Å². The Morgan fingerprint density at radius 3 is 2.26 bits per heavy atom. The summed E-state index contributed by atoms with van der Waals surface area (Å²) in [4.78, 5) is 18.2. The van der Waals surface area contributed by atoms with Crippen LogP contribution in [-0.4, -0.2) is 15.9 Å². The molecule has 1 heterocycles. The van der Waals surface area contributed by atoms with Gasteiger partial charge in [-0.05, 0) is 0 Å². The van der Waals surface area contributed by atoms with Gasteiger partial charge >= 0.3 is 6.18 Å². The summed E-state index contributed by atoms with van der Waals surface area (Å²) in [6.45, 7) is 0. The van der Waals surface area contributed by atoms with Gasteiger partial charge in [0.1, 0.15) is 11.4 Å². The number of halogens is 3. The van der Waals surface area contributed by atoms with Crippen molar-refractivity contribution in [1.29, 1.82) is 0 Å². The molecular formula is C12H8F3N3O. The Labute approximate surface area is 106 Å². The molecule has 0 unspecified atom stereocenters. The van der Waals surface area contributed by atoms with E-state index in [9.17, 15) is 18.0 Å². The first kappa shape index (κ1) is 13.0. The van der Waals surface area contributed by atoms with Gasteiger partial charge in [0.25, 0.3) is 5.91 Å². The number of rotatable bonds is 2. The average molecular weight is 267 g/mol. The van der Waals surface area contributed by atoms with Crippen LogP contribution in [0.15, 0.2) is 36.4 Å². The molecule has 0 aliphatic rings. The van der Waals surface area contributed by atoms with Gasteiger partial charge in [-0.25, -0.2) is 9.97 Å². The van der Waals surface area contributed by atoms with Gasteiger partial charge in [0, 0.05) is 11.6 Å². The number of carbonyl (C=O) groups is 1. The van der Waals surface area contributed by atoms with Crippen molar-refractivity contribution in [2.24, 2.45) is 5.73 Å². The summed E-state index contributed by atoms with van der Waals surface area (Å²) in [5.74, 6) is -1.23. The molecule has 4 nitrogen and oxygen atoms in total. The topological polar surface area (TPSA) is 68.9 Å². The van der Waals surface area contributed by atoms with Gasteiger partial charge in [0.2, 0.25) is 0 Å². The minimum absolute atomic E-state index is 0.191. The second-order valence-corrected chi connectivity index (χ2v) is 3.69. The highest BCUT2D eigenvalue weighted by Gasteiger charge is 2.34. The largest absolute Gasteiger partial charge is 0.433 e. The number of carbonyl (C=O) groups excluding carboxylic acids is 1.